The lowest BCUT2D eigenvalue weighted by Crippen LogP contribution is -2.16. The monoisotopic (exact) mass is 678 g/mol. The third-order valence-electron chi connectivity index (χ3n) is 7.93. The molecule has 236 valence electrons. The molecule has 0 aliphatic rings. The average molecular weight is 679 g/mol. The van der Waals surface area contributed by atoms with Crippen molar-refractivity contribution in [3.05, 3.63) is 143 Å². The summed E-state index contributed by atoms with van der Waals surface area (Å²) in [7, 11) is 0. The minimum atomic E-state index is -1.88. The van der Waals surface area contributed by atoms with Gasteiger partial charge in [-0.2, -0.15) is 0 Å². The van der Waals surface area contributed by atoms with Crippen molar-refractivity contribution in [3.63, 3.8) is 0 Å². The van der Waals surface area contributed by atoms with Gasteiger partial charge in [-0.05, 0) is 92.2 Å². The molecule has 6 aromatic rings. The predicted molar refractivity (Wildman–Crippen MR) is 192 cm³/mol. The molecule has 0 amide bonds. The summed E-state index contributed by atoms with van der Waals surface area (Å²) in [6.45, 7) is 4.71. The quantitative estimate of drug-likeness (QED) is 0.0558. The van der Waals surface area contributed by atoms with Crippen LogP contribution in [0.5, 0.6) is 0 Å². The molecule has 0 fully saturated rings. The number of carbonyl (C=O) groups is 2. The van der Waals surface area contributed by atoms with Crippen LogP contribution in [-0.4, -0.2) is 31.8 Å². The molecule has 0 aliphatic carbocycles. The molecule has 9 heteroatoms. The molecule has 0 bridgehead atoms. The van der Waals surface area contributed by atoms with Crippen LogP contribution in [0, 0.1) is 6.92 Å². The van der Waals surface area contributed by atoms with Gasteiger partial charge in [0.15, 0.2) is 5.78 Å². The van der Waals surface area contributed by atoms with Crippen LogP contribution >= 0.6 is 23.4 Å². The summed E-state index contributed by atoms with van der Waals surface area (Å²) in [5.74, 6) is 0.166. The van der Waals surface area contributed by atoms with Gasteiger partial charge in [0.2, 0.25) is 5.78 Å². The fourth-order valence-corrected chi connectivity index (χ4v) is 7.14. The first-order valence-electron chi connectivity index (χ1n) is 15.1. The van der Waals surface area contributed by atoms with Crippen molar-refractivity contribution in [2.24, 2.45) is 5.16 Å². The number of benzene rings is 5. The zero-order chi connectivity index (χ0) is 32.9. The van der Waals surface area contributed by atoms with E-state index in [0.717, 1.165) is 32.3 Å². The van der Waals surface area contributed by atoms with E-state index in [1.165, 1.54) is 0 Å². The van der Waals surface area contributed by atoms with Gasteiger partial charge in [-0.15, -0.1) is 11.8 Å². The van der Waals surface area contributed by atoms with Gasteiger partial charge in [-0.25, -0.2) is 4.21 Å². The molecule has 0 spiro atoms. The van der Waals surface area contributed by atoms with E-state index in [-0.39, 0.29) is 23.7 Å². The maximum atomic E-state index is 14.0. The van der Waals surface area contributed by atoms with Crippen LogP contribution in [0.15, 0.2) is 130 Å². The molecule has 1 unspecified atom stereocenters. The number of aromatic nitrogens is 1. The Labute approximate surface area is 285 Å². The number of thioether (sulfide) groups is 1. The maximum absolute atomic E-state index is 14.0. The summed E-state index contributed by atoms with van der Waals surface area (Å²) >= 11 is 5.71. The van der Waals surface area contributed by atoms with E-state index >= 15 is 0 Å². The number of ketones is 2. The smallest absolute Gasteiger partial charge is 0.265 e. The number of carbonyl (C=O) groups excluding carboxylic acids is 2. The number of hydrogen-bond acceptors (Lipinski definition) is 6. The summed E-state index contributed by atoms with van der Waals surface area (Å²) in [5.41, 5.74) is 4.67. The van der Waals surface area contributed by atoms with Crippen molar-refractivity contribution in [2.75, 3.05) is 5.75 Å². The number of nitrogens with zero attached hydrogens (tertiary/aromatic N) is 2. The van der Waals surface area contributed by atoms with Crippen LogP contribution < -0.4 is 0 Å². The van der Waals surface area contributed by atoms with Crippen molar-refractivity contribution >= 4 is 73.5 Å². The lowest BCUT2D eigenvalue weighted by atomic mass is 9.97. The second kappa shape index (κ2) is 14.5. The van der Waals surface area contributed by atoms with E-state index in [9.17, 15) is 13.8 Å². The normalized spacial score (nSPS) is 12.4. The first-order valence-corrected chi connectivity index (χ1v) is 17.6. The molecule has 0 saturated carbocycles. The second-order valence-corrected chi connectivity index (χ2v) is 13.6. The van der Waals surface area contributed by atoms with E-state index in [0.29, 0.717) is 38.9 Å². The highest BCUT2D eigenvalue weighted by molar-refractivity contribution is 7.99. The molecular weight excluding hydrogens is 648 g/mol. The van der Waals surface area contributed by atoms with E-state index in [1.54, 1.807) is 42.1 Å². The molecule has 0 aliphatic heterocycles. The second-order valence-electron chi connectivity index (χ2n) is 10.9. The third kappa shape index (κ3) is 7.10. The molecule has 0 radical (unpaired) electrons. The minimum absolute atomic E-state index is 0.0502. The Hall–Kier alpha value is -4.50. The van der Waals surface area contributed by atoms with Gasteiger partial charge in [0, 0.05) is 67.1 Å². The molecule has 6 nitrogen and oxygen atoms in total. The number of oxime groups is 1. The zero-order valence-corrected chi connectivity index (χ0v) is 28.2. The standard InChI is InChI=1S/C38H31ClN2O4S2/c1-3-41-35-19-13-26(37(42)31-12-8-7-9-25(31)2)23-32(35)33-24-27(14-20-36(33)41)38(43)34(21-22-46-29-17-15-28(39)16-18-29)40-45-47(44)30-10-5-4-6-11-30/h4-20,23-24H,3,21-22H2,1-2H3/b40-34+. The van der Waals surface area contributed by atoms with Crippen LogP contribution in [0.4, 0.5) is 0 Å². The number of aryl methyl sites for hydroxylation is 2. The summed E-state index contributed by atoms with van der Waals surface area (Å²) in [5, 5.41) is 6.54. The Morgan fingerprint density at radius 3 is 2.15 bits per heavy atom. The lowest BCUT2D eigenvalue weighted by molar-refractivity contribution is 0.103. The maximum Gasteiger partial charge on any atom is 0.265 e. The molecule has 1 atom stereocenters. The highest BCUT2D eigenvalue weighted by atomic mass is 35.5. The van der Waals surface area contributed by atoms with Gasteiger partial charge in [0.05, 0.1) is 4.90 Å². The Morgan fingerprint density at radius 1 is 0.830 bits per heavy atom. The summed E-state index contributed by atoms with van der Waals surface area (Å²) < 4.78 is 20.4. The number of hydrogen-bond donors (Lipinski definition) is 0. The Kier molecular flexibility index (Phi) is 10.0. The van der Waals surface area contributed by atoms with E-state index in [1.807, 2.05) is 91.9 Å². The van der Waals surface area contributed by atoms with Crippen LogP contribution in [0.1, 0.15) is 45.2 Å². The molecule has 0 saturated heterocycles. The zero-order valence-electron chi connectivity index (χ0n) is 25.8. The van der Waals surface area contributed by atoms with E-state index < -0.39 is 11.1 Å². The van der Waals surface area contributed by atoms with Crippen molar-refractivity contribution in [1.29, 1.82) is 0 Å². The Bertz CT molecular complexity index is 2160. The SMILES string of the molecule is CCn1c2ccc(C(=O)/C(CCSc3ccc(Cl)cc3)=N/OS(=O)c3ccccc3)cc2c2cc(C(=O)c3ccccc3C)ccc21. The van der Waals surface area contributed by atoms with E-state index in [2.05, 4.69) is 16.6 Å². The molecule has 0 N–H and O–H groups in total. The largest absolute Gasteiger partial charge is 0.341 e. The van der Waals surface area contributed by atoms with Gasteiger partial charge in [0.25, 0.3) is 11.1 Å². The van der Waals surface area contributed by atoms with E-state index in [4.69, 9.17) is 15.9 Å². The molecule has 47 heavy (non-hydrogen) atoms. The van der Waals surface area contributed by atoms with Crippen LogP contribution in [0.25, 0.3) is 21.8 Å². The molecule has 1 heterocycles. The molecular formula is C38H31ClN2O4S2. The number of fused-ring (bicyclic) bond motifs is 3. The first-order chi connectivity index (χ1) is 22.8. The van der Waals surface area contributed by atoms with Crippen LogP contribution in [0.2, 0.25) is 5.02 Å². The van der Waals surface area contributed by atoms with Gasteiger partial charge in [-0.1, -0.05) is 59.2 Å². The van der Waals surface area contributed by atoms with Gasteiger partial charge >= 0.3 is 0 Å². The highest BCUT2D eigenvalue weighted by Gasteiger charge is 2.20. The van der Waals surface area contributed by atoms with Crippen molar-refractivity contribution in [1.82, 2.24) is 4.57 Å². The van der Waals surface area contributed by atoms with Crippen LogP contribution in [0.3, 0.4) is 0 Å². The van der Waals surface area contributed by atoms with Gasteiger partial charge in [0.1, 0.15) is 5.71 Å². The predicted octanol–water partition coefficient (Wildman–Crippen LogP) is 9.47. The highest BCUT2D eigenvalue weighted by Crippen LogP contribution is 2.32. The number of halogens is 1. The van der Waals surface area contributed by atoms with Crippen molar-refractivity contribution < 1.29 is 18.1 Å². The molecule has 1 aromatic heterocycles. The van der Waals surface area contributed by atoms with Gasteiger partial charge < -0.3 is 4.57 Å². The number of Topliss-reactive ketones (excluding diaryl/α,β-unsaturated/α-hetero) is 1. The fourth-order valence-electron chi connectivity index (χ4n) is 5.53. The molecule has 5 aromatic carbocycles. The first kappa shape index (κ1) is 32.4. The topological polar surface area (TPSA) is 77.7 Å². The summed E-state index contributed by atoms with van der Waals surface area (Å²) in [6, 6.07) is 35.0. The third-order valence-corrected chi connectivity index (χ3v) is 10.1. The summed E-state index contributed by atoms with van der Waals surface area (Å²) in [4.78, 5) is 29.0. The number of rotatable bonds is 12. The Balaban J connectivity index is 1.35. The summed E-state index contributed by atoms with van der Waals surface area (Å²) in [6.07, 6.45) is 0.280. The average Bonchev–Trinajstić information content (AvgIpc) is 3.42. The Morgan fingerprint density at radius 2 is 1.47 bits per heavy atom. The van der Waals surface area contributed by atoms with Crippen molar-refractivity contribution in [2.45, 2.75) is 36.6 Å². The lowest BCUT2D eigenvalue weighted by Gasteiger charge is -2.08. The molecule has 6 rings (SSSR count). The van der Waals surface area contributed by atoms with Gasteiger partial charge in [-0.3, -0.25) is 13.9 Å². The van der Waals surface area contributed by atoms with Crippen LogP contribution in [-0.2, 0) is 21.9 Å². The minimum Gasteiger partial charge on any atom is -0.341 e. The fraction of sp³-hybridized carbons (Fsp3) is 0.132. The van der Waals surface area contributed by atoms with Crippen molar-refractivity contribution in [3.8, 4) is 0 Å².